The summed E-state index contributed by atoms with van der Waals surface area (Å²) >= 11 is 0. The minimum atomic E-state index is 0.0389. The van der Waals surface area contributed by atoms with Crippen molar-refractivity contribution in [2.24, 2.45) is 11.8 Å². The molecule has 1 aliphatic carbocycles. The van der Waals surface area contributed by atoms with E-state index in [2.05, 4.69) is 5.32 Å². The number of aliphatic hydroxyl groups is 1. The predicted molar refractivity (Wildman–Crippen MR) is 80.1 cm³/mol. The van der Waals surface area contributed by atoms with Gasteiger partial charge in [-0.3, -0.25) is 4.79 Å². The number of amides is 1. The van der Waals surface area contributed by atoms with Crippen molar-refractivity contribution in [1.82, 2.24) is 5.32 Å². The van der Waals surface area contributed by atoms with Crippen molar-refractivity contribution in [3.8, 4) is 0 Å². The van der Waals surface area contributed by atoms with Crippen LogP contribution in [0.5, 0.6) is 0 Å². The number of aliphatic hydroxyl groups excluding tert-OH is 1. The molecule has 0 aromatic heterocycles. The molecule has 1 aromatic carbocycles. The Morgan fingerprint density at radius 3 is 2.50 bits per heavy atom. The van der Waals surface area contributed by atoms with Gasteiger partial charge in [0.1, 0.15) is 0 Å². The summed E-state index contributed by atoms with van der Waals surface area (Å²) in [7, 11) is 0. The molecule has 1 aromatic rings. The zero-order valence-electron chi connectivity index (χ0n) is 11.8. The van der Waals surface area contributed by atoms with Crippen LogP contribution in [0.3, 0.4) is 0 Å². The number of rotatable bonds is 5. The fraction of sp³-hybridized carbons (Fsp3) is 0.562. The maximum absolute atomic E-state index is 11.9. The van der Waals surface area contributed by atoms with Crippen LogP contribution in [0.25, 0.3) is 0 Å². The Balaban J connectivity index is 1.78. The summed E-state index contributed by atoms with van der Waals surface area (Å²) in [6.45, 7) is 0.914. The Bertz CT molecular complexity index is 431. The Morgan fingerprint density at radius 1 is 1.20 bits per heavy atom. The van der Waals surface area contributed by atoms with Crippen LogP contribution in [0.2, 0.25) is 0 Å². The highest BCUT2D eigenvalue weighted by atomic mass is 16.3. The van der Waals surface area contributed by atoms with E-state index in [1.165, 1.54) is 12.8 Å². The molecule has 0 heterocycles. The normalized spacial score (nSPS) is 22.4. The van der Waals surface area contributed by atoms with Gasteiger partial charge in [0.15, 0.2) is 0 Å². The van der Waals surface area contributed by atoms with E-state index in [-0.39, 0.29) is 12.5 Å². The average molecular weight is 276 g/mol. The van der Waals surface area contributed by atoms with Gasteiger partial charge in [-0.05, 0) is 42.4 Å². The van der Waals surface area contributed by atoms with E-state index < -0.39 is 0 Å². The van der Waals surface area contributed by atoms with Crippen LogP contribution in [0.15, 0.2) is 24.3 Å². The average Bonchev–Trinajstić information content (AvgIpc) is 2.48. The van der Waals surface area contributed by atoms with Crippen LogP contribution < -0.4 is 11.1 Å². The number of nitrogens with two attached hydrogens (primary N) is 1. The van der Waals surface area contributed by atoms with Crippen molar-refractivity contribution >= 4 is 11.6 Å². The second kappa shape index (κ2) is 7.29. The molecule has 4 N–H and O–H groups in total. The van der Waals surface area contributed by atoms with Gasteiger partial charge in [0, 0.05) is 18.8 Å². The number of nitrogen functional groups attached to an aromatic ring is 1. The van der Waals surface area contributed by atoms with E-state index in [0.717, 1.165) is 18.4 Å². The molecule has 0 spiro atoms. The van der Waals surface area contributed by atoms with Crippen molar-refractivity contribution in [2.45, 2.75) is 32.1 Å². The monoisotopic (exact) mass is 276 g/mol. The molecular weight excluding hydrogens is 252 g/mol. The maximum Gasteiger partial charge on any atom is 0.224 e. The van der Waals surface area contributed by atoms with Crippen LogP contribution in [0, 0.1) is 11.8 Å². The topological polar surface area (TPSA) is 75.4 Å². The Morgan fingerprint density at radius 2 is 1.85 bits per heavy atom. The standard InChI is InChI=1S/C16H24N2O2/c17-15-7-5-12(6-8-15)9-16(20)18-10-13-3-1-2-4-14(13)11-19/h5-8,13-14,19H,1-4,9-11,17H2,(H,18,20). The number of hydrogen-bond acceptors (Lipinski definition) is 3. The third kappa shape index (κ3) is 4.23. The van der Waals surface area contributed by atoms with Gasteiger partial charge in [-0.15, -0.1) is 0 Å². The second-order valence-electron chi connectivity index (χ2n) is 5.71. The van der Waals surface area contributed by atoms with E-state index in [0.29, 0.717) is 30.5 Å². The second-order valence-corrected chi connectivity index (χ2v) is 5.71. The largest absolute Gasteiger partial charge is 0.399 e. The van der Waals surface area contributed by atoms with Gasteiger partial charge in [0.2, 0.25) is 5.91 Å². The molecule has 0 saturated heterocycles. The summed E-state index contributed by atoms with van der Waals surface area (Å²) in [5.74, 6) is 0.807. The van der Waals surface area contributed by atoms with E-state index in [1.54, 1.807) is 0 Å². The SMILES string of the molecule is Nc1ccc(CC(=O)NCC2CCCCC2CO)cc1. The molecule has 2 atom stereocenters. The van der Waals surface area contributed by atoms with E-state index in [9.17, 15) is 9.90 Å². The fourth-order valence-corrected chi connectivity index (χ4v) is 2.92. The Hall–Kier alpha value is -1.55. The molecule has 110 valence electrons. The first-order valence-electron chi connectivity index (χ1n) is 7.41. The van der Waals surface area contributed by atoms with Crippen molar-refractivity contribution in [1.29, 1.82) is 0 Å². The quantitative estimate of drug-likeness (QED) is 0.717. The first-order valence-corrected chi connectivity index (χ1v) is 7.41. The van der Waals surface area contributed by atoms with Crippen molar-refractivity contribution in [3.63, 3.8) is 0 Å². The number of carbonyl (C=O) groups excluding carboxylic acids is 1. The summed E-state index contributed by atoms with van der Waals surface area (Å²) in [6.07, 6.45) is 4.97. The summed E-state index contributed by atoms with van der Waals surface area (Å²) in [6, 6.07) is 7.38. The number of nitrogens with one attached hydrogen (secondary N) is 1. The van der Waals surface area contributed by atoms with Crippen LogP contribution >= 0.6 is 0 Å². The number of anilines is 1. The molecule has 0 bridgehead atoms. The summed E-state index contributed by atoms with van der Waals surface area (Å²) in [5.41, 5.74) is 7.30. The van der Waals surface area contributed by atoms with Crippen LogP contribution in [0.4, 0.5) is 5.69 Å². The highest BCUT2D eigenvalue weighted by Gasteiger charge is 2.24. The first kappa shape index (κ1) is 14.9. The van der Waals surface area contributed by atoms with E-state index in [4.69, 9.17) is 5.73 Å². The van der Waals surface area contributed by atoms with Crippen LogP contribution in [-0.2, 0) is 11.2 Å². The minimum absolute atomic E-state index is 0.0389. The summed E-state index contributed by atoms with van der Waals surface area (Å²) in [5, 5.41) is 12.4. The van der Waals surface area contributed by atoms with Gasteiger partial charge in [0.05, 0.1) is 6.42 Å². The first-order chi connectivity index (χ1) is 9.69. The zero-order chi connectivity index (χ0) is 14.4. The maximum atomic E-state index is 11.9. The molecule has 0 aliphatic heterocycles. The molecule has 1 amide bonds. The number of hydrogen-bond donors (Lipinski definition) is 3. The van der Waals surface area contributed by atoms with Crippen molar-refractivity contribution < 1.29 is 9.90 Å². The van der Waals surface area contributed by atoms with Crippen molar-refractivity contribution in [2.75, 3.05) is 18.9 Å². The summed E-state index contributed by atoms with van der Waals surface area (Å²) in [4.78, 5) is 11.9. The molecule has 1 saturated carbocycles. The fourth-order valence-electron chi connectivity index (χ4n) is 2.92. The smallest absolute Gasteiger partial charge is 0.224 e. The zero-order valence-corrected chi connectivity index (χ0v) is 11.8. The molecule has 2 rings (SSSR count). The van der Waals surface area contributed by atoms with Gasteiger partial charge in [0.25, 0.3) is 0 Å². The Kier molecular flexibility index (Phi) is 5.41. The minimum Gasteiger partial charge on any atom is -0.399 e. The van der Waals surface area contributed by atoms with E-state index in [1.807, 2.05) is 24.3 Å². The lowest BCUT2D eigenvalue weighted by molar-refractivity contribution is -0.120. The van der Waals surface area contributed by atoms with Gasteiger partial charge < -0.3 is 16.2 Å². The summed E-state index contributed by atoms with van der Waals surface area (Å²) < 4.78 is 0. The van der Waals surface area contributed by atoms with Crippen LogP contribution in [-0.4, -0.2) is 24.2 Å². The molecule has 0 radical (unpaired) electrons. The van der Waals surface area contributed by atoms with Gasteiger partial charge in [-0.1, -0.05) is 25.0 Å². The molecule has 1 aliphatic rings. The number of benzene rings is 1. The molecule has 1 fully saturated rings. The molecule has 4 nitrogen and oxygen atoms in total. The molecule has 2 unspecified atom stereocenters. The van der Waals surface area contributed by atoms with Gasteiger partial charge in [-0.2, -0.15) is 0 Å². The lowest BCUT2D eigenvalue weighted by Gasteiger charge is -2.30. The van der Waals surface area contributed by atoms with Crippen molar-refractivity contribution in [3.05, 3.63) is 29.8 Å². The third-order valence-electron chi connectivity index (χ3n) is 4.21. The molecule has 4 heteroatoms. The number of carbonyl (C=O) groups is 1. The van der Waals surface area contributed by atoms with E-state index >= 15 is 0 Å². The van der Waals surface area contributed by atoms with Gasteiger partial charge >= 0.3 is 0 Å². The molecule has 20 heavy (non-hydrogen) atoms. The molecular formula is C16H24N2O2. The van der Waals surface area contributed by atoms with Gasteiger partial charge in [-0.25, -0.2) is 0 Å². The predicted octanol–water partition coefficient (Wildman–Crippen LogP) is 1.73. The lowest BCUT2D eigenvalue weighted by Crippen LogP contribution is -2.36. The Labute approximate surface area is 120 Å². The lowest BCUT2D eigenvalue weighted by atomic mass is 9.79. The van der Waals surface area contributed by atoms with Crippen LogP contribution in [0.1, 0.15) is 31.2 Å². The highest BCUT2D eigenvalue weighted by molar-refractivity contribution is 5.78. The third-order valence-corrected chi connectivity index (χ3v) is 4.21. The highest BCUT2D eigenvalue weighted by Crippen LogP contribution is 2.29.